The van der Waals surface area contributed by atoms with Crippen molar-refractivity contribution in [3.63, 3.8) is 0 Å². The molecule has 0 bridgehead atoms. The molecule has 16 nitrogen and oxygen atoms in total. The van der Waals surface area contributed by atoms with Crippen molar-refractivity contribution < 1.29 is 43.8 Å². The van der Waals surface area contributed by atoms with Crippen LogP contribution in [0.5, 0.6) is 5.75 Å². The normalized spacial score (nSPS) is 13.7. The van der Waals surface area contributed by atoms with Gasteiger partial charge in [-0.3, -0.25) is 33.6 Å². The lowest BCUT2D eigenvalue weighted by atomic mass is 10.0. The number of hydrogen-bond acceptors (Lipinski definition) is 10. The molecule has 7 amide bonds. The van der Waals surface area contributed by atoms with Crippen LogP contribution >= 0.6 is 11.8 Å². The van der Waals surface area contributed by atoms with Gasteiger partial charge in [-0.15, -0.1) is 0 Å². The minimum Gasteiger partial charge on any atom is -0.508 e. The number of carbonyl (C=O) groups excluding carboxylic acids is 7. The first kappa shape index (κ1) is 41.0. The highest BCUT2D eigenvalue weighted by atomic mass is 32.2. The third-order valence-corrected chi connectivity index (χ3v) is 7.85. The number of nitrogens with one attached hydrogen (secondary N) is 6. The molecule has 0 aliphatic heterocycles. The van der Waals surface area contributed by atoms with Crippen LogP contribution in [-0.4, -0.2) is 107 Å². The Morgan fingerprint density at radius 2 is 1.28 bits per heavy atom. The number of primary amides is 1. The molecule has 0 radical (unpaired) electrons. The van der Waals surface area contributed by atoms with Crippen molar-refractivity contribution in [3.8, 4) is 5.75 Å². The molecule has 2 aromatic rings. The molecule has 0 aliphatic carbocycles. The fraction of sp³-hybridized carbons (Fsp3) is 0.424. The summed E-state index contributed by atoms with van der Waals surface area (Å²) >= 11 is 1.41. The van der Waals surface area contributed by atoms with Crippen molar-refractivity contribution in [2.75, 3.05) is 25.1 Å². The van der Waals surface area contributed by atoms with Crippen molar-refractivity contribution in [1.82, 2.24) is 31.9 Å². The van der Waals surface area contributed by atoms with Crippen LogP contribution < -0.4 is 37.6 Å². The monoisotopic (exact) mass is 715 g/mol. The molecular formula is C33H45N7O9S. The number of aliphatic hydroxyl groups excluding tert-OH is 1. The topological polar surface area (TPSA) is 258 Å². The first-order valence-electron chi connectivity index (χ1n) is 15.7. The van der Waals surface area contributed by atoms with Crippen molar-refractivity contribution in [3.05, 3.63) is 65.7 Å². The summed E-state index contributed by atoms with van der Waals surface area (Å²) in [6.07, 6.45) is 0.798. The van der Waals surface area contributed by atoms with E-state index in [2.05, 4.69) is 31.9 Å². The number of thioether (sulfide) groups is 1. The second-order valence-corrected chi connectivity index (χ2v) is 12.4. The van der Waals surface area contributed by atoms with Crippen LogP contribution in [0.1, 0.15) is 31.4 Å². The Hall–Kier alpha value is -5.16. The van der Waals surface area contributed by atoms with Gasteiger partial charge in [0.15, 0.2) is 0 Å². The summed E-state index contributed by atoms with van der Waals surface area (Å²) < 4.78 is 0. The number of benzene rings is 2. The smallest absolute Gasteiger partial charge is 0.243 e. The highest BCUT2D eigenvalue weighted by Gasteiger charge is 2.31. The molecule has 0 heterocycles. The van der Waals surface area contributed by atoms with Gasteiger partial charge in [-0.25, -0.2) is 0 Å². The van der Waals surface area contributed by atoms with Gasteiger partial charge in [0, 0.05) is 19.8 Å². The number of amides is 7. The third kappa shape index (κ3) is 14.9. The SMILES string of the molecule is CSCC[C@H](NC(=O)[C@H](Cc1ccccc1)NC(=O)CNC(=O)CNC(=O)[C@H](Cc1ccc(O)cc1)NC(C)=O)C(=O)N[C@H](C(N)=O)[C@@H](C)O. The van der Waals surface area contributed by atoms with Crippen molar-refractivity contribution in [2.45, 2.75) is 63.4 Å². The zero-order valence-corrected chi connectivity index (χ0v) is 28.9. The van der Waals surface area contributed by atoms with Crippen molar-refractivity contribution >= 4 is 53.1 Å². The number of phenols is 1. The average molecular weight is 716 g/mol. The Morgan fingerprint density at radius 1 is 0.720 bits per heavy atom. The van der Waals surface area contributed by atoms with Gasteiger partial charge in [-0.05, 0) is 48.6 Å². The van der Waals surface area contributed by atoms with Gasteiger partial charge < -0.3 is 47.8 Å². The van der Waals surface area contributed by atoms with Gasteiger partial charge in [0.2, 0.25) is 41.4 Å². The van der Waals surface area contributed by atoms with E-state index in [9.17, 15) is 43.8 Å². The highest BCUT2D eigenvalue weighted by Crippen LogP contribution is 2.12. The largest absolute Gasteiger partial charge is 0.508 e. The molecule has 0 fully saturated rings. The second kappa shape index (κ2) is 21.0. The molecule has 10 N–H and O–H groups in total. The van der Waals surface area contributed by atoms with E-state index in [4.69, 9.17) is 5.73 Å². The zero-order chi connectivity index (χ0) is 37.2. The molecule has 2 aromatic carbocycles. The number of aromatic hydroxyl groups is 1. The average Bonchev–Trinajstić information content (AvgIpc) is 3.07. The molecule has 0 unspecified atom stereocenters. The fourth-order valence-electron chi connectivity index (χ4n) is 4.62. The summed E-state index contributed by atoms with van der Waals surface area (Å²) in [5.41, 5.74) is 6.64. The zero-order valence-electron chi connectivity index (χ0n) is 28.1. The van der Waals surface area contributed by atoms with Gasteiger partial charge in [0.1, 0.15) is 29.9 Å². The predicted molar refractivity (Wildman–Crippen MR) is 185 cm³/mol. The van der Waals surface area contributed by atoms with Gasteiger partial charge in [0.25, 0.3) is 0 Å². The first-order valence-corrected chi connectivity index (χ1v) is 17.1. The standard InChI is InChI=1S/C33H45N7O9S/c1-19(41)29(30(34)46)40-32(48)24(13-14-50-3)39-33(49)26(15-21-7-5-4-6-8-21)38-28(45)18-35-27(44)17-36-31(47)25(37-20(2)42)16-22-9-11-23(43)12-10-22/h4-12,19,24-26,29,41,43H,13-18H2,1-3H3,(H2,34,46)(H,35,44)(H,36,47)(H,37,42)(H,38,45)(H,39,49)(H,40,48)/t19-,24+,25+,26+,29+/m1/s1. The van der Waals surface area contributed by atoms with Gasteiger partial charge in [-0.2, -0.15) is 11.8 Å². The maximum atomic E-state index is 13.5. The van der Waals surface area contributed by atoms with E-state index < -0.39 is 84.7 Å². The second-order valence-electron chi connectivity index (χ2n) is 11.4. The summed E-state index contributed by atoms with van der Waals surface area (Å²) in [5, 5.41) is 34.2. The Morgan fingerprint density at radius 3 is 1.84 bits per heavy atom. The summed E-state index contributed by atoms with van der Waals surface area (Å²) in [4.78, 5) is 88.1. The molecule has 0 aliphatic rings. The molecule has 50 heavy (non-hydrogen) atoms. The summed E-state index contributed by atoms with van der Waals surface area (Å²) in [6, 6.07) is 10.1. The number of aliphatic hydroxyl groups is 1. The molecule has 5 atom stereocenters. The lowest BCUT2D eigenvalue weighted by Crippen LogP contribution is -2.59. The van der Waals surface area contributed by atoms with Crippen LogP contribution in [0.2, 0.25) is 0 Å². The molecule has 0 saturated carbocycles. The van der Waals surface area contributed by atoms with Crippen LogP contribution in [-0.2, 0) is 46.4 Å². The minimum atomic E-state index is -1.39. The van der Waals surface area contributed by atoms with Crippen LogP contribution in [0.3, 0.4) is 0 Å². The van der Waals surface area contributed by atoms with E-state index in [1.54, 1.807) is 48.7 Å². The molecular weight excluding hydrogens is 670 g/mol. The van der Waals surface area contributed by atoms with Crippen LogP contribution in [0.25, 0.3) is 0 Å². The molecule has 0 spiro atoms. The number of hydrogen-bond donors (Lipinski definition) is 9. The minimum absolute atomic E-state index is 0.0302. The summed E-state index contributed by atoms with van der Waals surface area (Å²) in [6.45, 7) is 1.45. The Labute approximate surface area is 294 Å². The van der Waals surface area contributed by atoms with Crippen LogP contribution in [0.15, 0.2) is 54.6 Å². The molecule has 17 heteroatoms. The first-order chi connectivity index (χ1) is 23.7. The van der Waals surface area contributed by atoms with E-state index in [0.29, 0.717) is 16.9 Å². The maximum absolute atomic E-state index is 13.5. The predicted octanol–water partition coefficient (Wildman–Crippen LogP) is -2.01. The van der Waals surface area contributed by atoms with E-state index in [1.165, 1.54) is 37.7 Å². The van der Waals surface area contributed by atoms with Gasteiger partial charge >= 0.3 is 0 Å². The van der Waals surface area contributed by atoms with E-state index >= 15 is 0 Å². The number of nitrogens with two attached hydrogens (primary N) is 1. The quantitative estimate of drug-likeness (QED) is 0.0728. The lowest BCUT2D eigenvalue weighted by Gasteiger charge is -2.25. The summed E-state index contributed by atoms with van der Waals surface area (Å²) in [7, 11) is 0. The summed E-state index contributed by atoms with van der Waals surface area (Å²) in [5.74, 6) is -4.51. The highest BCUT2D eigenvalue weighted by molar-refractivity contribution is 7.98. The maximum Gasteiger partial charge on any atom is 0.243 e. The van der Waals surface area contributed by atoms with Crippen molar-refractivity contribution in [1.29, 1.82) is 0 Å². The Kier molecular flexibility index (Phi) is 17.3. The van der Waals surface area contributed by atoms with Crippen molar-refractivity contribution in [2.24, 2.45) is 5.73 Å². The molecule has 0 aromatic heterocycles. The molecule has 0 saturated heterocycles. The number of carbonyl (C=O) groups is 7. The third-order valence-electron chi connectivity index (χ3n) is 7.20. The van der Waals surface area contributed by atoms with Gasteiger partial charge in [0.05, 0.1) is 19.2 Å². The fourth-order valence-corrected chi connectivity index (χ4v) is 5.09. The van der Waals surface area contributed by atoms with Gasteiger partial charge in [-0.1, -0.05) is 42.5 Å². The van der Waals surface area contributed by atoms with E-state index in [-0.39, 0.29) is 25.0 Å². The number of phenolic OH excluding ortho intramolecular Hbond substituents is 1. The lowest BCUT2D eigenvalue weighted by molar-refractivity contribution is -0.134. The molecule has 2 rings (SSSR count). The number of rotatable bonds is 20. The Balaban J connectivity index is 2.05. The van der Waals surface area contributed by atoms with E-state index in [1.807, 2.05) is 0 Å². The Bertz CT molecular complexity index is 1480. The molecule has 272 valence electrons. The van der Waals surface area contributed by atoms with Crippen LogP contribution in [0, 0.1) is 0 Å². The van der Waals surface area contributed by atoms with Crippen LogP contribution in [0.4, 0.5) is 0 Å². The van der Waals surface area contributed by atoms with E-state index in [0.717, 1.165) is 0 Å².